The molecule has 0 atom stereocenters. The maximum atomic E-state index is 3.73. The van der Waals surface area contributed by atoms with Gasteiger partial charge in [-0.3, -0.25) is 0 Å². The summed E-state index contributed by atoms with van der Waals surface area (Å²) in [6, 6.07) is 17.7. The lowest BCUT2D eigenvalue weighted by Gasteiger charge is -2.01. The molecule has 2 bridgehead atoms. The van der Waals surface area contributed by atoms with E-state index in [9.17, 15) is 0 Å². The van der Waals surface area contributed by atoms with Gasteiger partial charge >= 0.3 is 0 Å². The van der Waals surface area contributed by atoms with E-state index in [2.05, 4.69) is 68.1 Å². The molecule has 2 aromatic rings. The van der Waals surface area contributed by atoms with Gasteiger partial charge in [0, 0.05) is 0 Å². The molecule has 0 heterocycles. The molecule has 0 saturated carbocycles. The van der Waals surface area contributed by atoms with Crippen molar-refractivity contribution in [1.82, 2.24) is 0 Å². The minimum atomic E-state index is 1.14. The summed E-state index contributed by atoms with van der Waals surface area (Å²) >= 11 is 0. The van der Waals surface area contributed by atoms with Crippen LogP contribution < -0.4 is 0 Å². The van der Waals surface area contributed by atoms with Crippen LogP contribution in [0.1, 0.15) is 22.3 Å². The van der Waals surface area contributed by atoms with Crippen molar-refractivity contribution in [2.45, 2.75) is 19.8 Å². The monoisotopic (exact) mass is 272 g/mol. The molecular formula is C21H20. The van der Waals surface area contributed by atoms with Crippen LogP contribution in [-0.4, -0.2) is 0 Å². The van der Waals surface area contributed by atoms with Gasteiger partial charge in [-0.05, 0) is 58.9 Å². The smallest absolute Gasteiger partial charge is 0.0151 e. The molecule has 0 spiro atoms. The molecule has 0 nitrogen and oxygen atoms in total. The van der Waals surface area contributed by atoms with E-state index in [0.29, 0.717) is 0 Å². The van der Waals surface area contributed by atoms with E-state index >= 15 is 0 Å². The first-order chi connectivity index (χ1) is 10.3. The van der Waals surface area contributed by atoms with Gasteiger partial charge < -0.3 is 0 Å². The van der Waals surface area contributed by atoms with Gasteiger partial charge in [0.25, 0.3) is 0 Å². The molecule has 0 aliphatic heterocycles. The zero-order chi connectivity index (χ0) is 14.7. The maximum Gasteiger partial charge on any atom is -0.0151 e. The van der Waals surface area contributed by atoms with Crippen molar-refractivity contribution < 1.29 is 0 Å². The highest BCUT2D eigenvalue weighted by atomic mass is 14.1. The summed E-state index contributed by atoms with van der Waals surface area (Å²) in [7, 11) is 0. The molecule has 0 radical (unpaired) electrons. The molecule has 0 fully saturated rings. The quantitative estimate of drug-likeness (QED) is 0.627. The van der Waals surface area contributed by atoms with Gasteiger partial charge in [-0.15, -0.1) is 0 Å². The third-order valence-corrected chi connectivity index (χ3v) is 4.10. The molecule has 0 unspecified atom stereocenters. The van der Waals surface area contributed by atoms with Gasteiger partial charge in [0.15, 0.2) is 0 Å². The van der Waals surface area contributed by atoms with Gasteiger partial charge in [0.1, 0.15) is 0 Å². The van der Waals surface area contributed by atoms with E-state index in [4.69, 9.17) is 0 Å². The lowest BCUT2D eigenvalue weighted by Crippen LogP contribution is -1.82. The summed E-state index contributed by atoms with van der Waals surface area (Å²) in [6.07, 6.45) is 8.18. The van der Waals surface area contributed by atoms with E-state index in [0.717, 1.165) is 12.8 Å². The number of benzene rings is 1. The number of hydrogen-bond donors (Lipinski definition) is 0. The van der Waals surface area contributed by atoms with Crippen LogP contribution in [0.3, 0.4) is 0 Å². The fourth-order valence-electron chi connectivity index (χ4n) is 2.91. The molecule has 2 aromatic carbocycles. The molecule has 0 saturated heterocycles. The number of hydrogen-bond acceptors (Lipinski definition) is 0. The largest absolute Gasteiger partial charge is 0.0991 e. The number of rotatable bonds is 2. The summed E-state index contributed by atoms with van der Waals surface area (Å²) in [5.74, 6) is 0. The Morgan fingerprint density at radius 1 is 0.952 bits per heavy atom. The summed E-state index contributed by atoms with van der Waals surface area (Å²) < 4.78 is 0. The Morgan fingerprint density at radius 3 is 2.62 bits per heavy atom. The second kappa shape index (κ2) is 5.97. The molecule has 21 heavy (non-hydrogen) atoms. The van der Waals surface area contributed by atoms with Crippen molar-refractivity contribution in [3.8, 4) is 0 Å². The van der Waals surface area contributed by atoms with Crippen LogP contribution in [0.15, 0.2) is 67.3 Å². The van der Waals surface area contributed by atoms with E-state index in [1.165, 1.54) is 33.0 Å². The van der Waals surface area contributed by atoms with Crippen molar-refractivity contribution in [3.05, 3.63) is 89.5 Å². The van der Waals surface area contributed by atoms with Crippen molar-refractivity contribution in [1.29, 1.82) is 0 Å². The number of fused-ring (bicyclic) bond motifs is 4. The highest BCUT2D eigenvalue weighted by Crippen LogP contribution is 2.25. The van der Waals surface area contributed by atoms with Crippen LogP contribution >= 0.6 is 0 Å². The minimum absolute atomic E-state index is 1.14. The van der Waals surface area contributed by atoms with Gasteiger partial charge in [-0.1, -0.05) is 67.3 Å². The highest BCUT2D eigenvalue weighted by Gasteiger charge is 2.08. The van der Waals surface area contributed by atoms with Crippen LogP contribution in [0.5, 0.6) is 0 Å². The second-order valence-corrected chi connectivity index (χ2v) is 5.54. The molecule has 0 aromatic heterocycles. The minimum Gasteiger partial charge on any atom is -0.0991 e. The van der Waals surface area contributed by atoms with E-state index < -0.39 is 0 Å². The van der Waals surface area contributed by atoms with Gasteiger partial charge in [0.05, 0.1) is 0 Å². The first-order valence-electron chi connectivity index (χ1n) is 7.46. The molecule has 0 heteroatoms. The lowest BCUT2D eigenvalue weighted by molar-refractivity contribution is 1.02. The Bertz CT molecular complexity index is 777. The van der Waals surface area contributed by atoms with E-state index in [1.54, 1.807) is 0 Å². The van der Waals surface area contributed by atoms with Gasteiger partial charge in [-0.2, -0.15) is 0 Å². The summed E-state index contributed by atoms with van der Waals surface area (Å²) in [5.41, 5.74) is 5.52. The molecular weight excluding hydrogens is 252 g/mol. The van der Waals surface area contributed by atoms with Crippen molar-refractivity contribution in [3.63, 3.8) is 0 Å². The average Bonchev–Trinajstić information content (AvgIpc) is 2.98. The van der Waals surface area contributed by atoms with E-state index in [-0.39, 0.29) is 0 Å². The van der Waals surface area contributed by atoms with Crippen LogP contribution in [0.25, 0.3) is 16.8 Å². The molecule has 1 aliphatic rings. The predicted octanol–water partition coefficient (Wildman–Crippen LogP) is 5.57. The van der Waals surface area contributed by atoms with Crippen LogP contribution in [0.2, 0.25) is 0 Å². The van der Waals surface area contributed by atoms with Gasteiger partial charge in [0.2, 0.25) is 0 Å². The van der Waals surface area contributed by atoms with Crippen molar-refractivity contribution in [2.75, 3.05) is 0 Å². The average molecular weight is 272 g/mol. The molecule has 1 aliphatic carbocycles. The van der Waals surface area contributed by atoms with Gasteiger partial charge in [-0.25, -0.2) is 0 Å². The summed E-state index contributed by atoms with van der Waals surface area (Å²) in [6.45, 7) is 5.93. The normalized spacial score (nSPS) is 12.6. The first-order valence-corrected chi connectivity index (χ1v) is 7.46. The number of aryl methyl sites for hydroxylation is 3. The highest BCUT2D eigenvalue weighted by molar-refractivity contribution is 5.87. The Morgan fingerprint density at radius 2 is 1.76 bits per heavy atom. The molecule has 0 N–H and O–H groups in total. The fraction of sp³-hybridized carbons (Fsp3) is 0.143. The fourth-order valence-corrected chi connectivity index (χ4v) is 2.91. The third-order valence-electron chi connectivity index (χ3n) is 4.10. The Balaban J connectivity index is 2.28. The Kier molecular flexibility index (Phi) is 3.87. The Hall–Kier alpha value is -2.34. The van der Waals surface area contributed by atoms with E-state index in [1.807, 2.05) is 12.2 Å². The zero-order valence-electron chi connectivity index (χ0n) is 12.5. The standard InChI is InChI=1S/C21H20/c1-3-4-8-17-10-13-21-19(14-17)9-6-5-7-16(2)18-11-12-20(21)15-18/h3-10,13-15H,1,11-12H2,2H3. The maximum absolute atomic E-state index is 3.73. The van der Waals surface area contributed by atoms with Crippen molar-refractivity contribution in [2.24, 2.45) is 0 Å². The molecule has 3 rings (SSSR count). The van der Waals surface area contributed by atoms with Crippen LogP contribution in [0.4, 0.5) is 0 Å². The third kappa shape index (κ3) is 2.90. The first kappa shape index (κ1) is 13.6. The number of allylic oxidation sites excluding steroid dienone is 2. The second-order valence-electron chi connectivity index (χ2n) is 5.54. The molecule has 104 valence electrons. The summed E-state index contributed by atoms with van der Waals surface area (Å²) in [5, 5.41) is 2.65. The Labute approximate surface area is 126 Å². The SMILES string of the molecule is C=CC=Cc1ccc2c3cc(c(C)ccccc2c1)CC3. The summed E-state index contributed by atoms with van der Waals surface area (Å²) in [4.78, 5) is 0. The van der Waals surface area contributed by atoms with Crippen molar-refractivity contribution >= 4 is 16.8 Å². The van der Waals surface area contributed by atoms with Crippen LogP contribution in [-0.2, 0) is 12.8 Å². The zero-order valence-corrected chi connectivity index (χ0v) is 12.5. The molecule has 0 amide bonds. The topological polar surface area (TPSA) is 0 Å². The lowest BCUT2D eigenvalue weighted by atomic mass is 10.0. The van der Waals surface area contributed by atoms with Crippen LogP contribution in [0, 0.1) is 6.92 Å². The predicted molar refractivity (Wildman–Crippen MR) is 93.0 cm³/mol.